The van der Waals surface area contributed by atoms with Gasteiger partial charge in [-0.25, -0.2) is 9.69 Å². The third kappa shape index (κ3) is 3.97. The molecule has 1 N–H and O–H groups in total. The summed E-state index contributed by atoms with van der Waals surface area (Å²) in [4.78, 5) is 48.9. The number of amides is 4. The van der Waals surface area contributed by atoms with Crippen molar-refractivity contribution in [3.05, 3.63) is 66.8 Å². The summed E-state index contributed by atoms with van der Waals surface area (Å²) < 4.78 is 5.49. The second kappa shape index (κ2) is 7.99. The quantitative estimate of drug-likeness (QED) is 0.223. The van der Waals surface area contributed by atoms with E-state index in [1.165, 1.54) is 25.3 Å². The van der Waals surface area contributed by atoms with Gasteiger partial charge in [-0.1, -0.05) is 17.7 Å². The molecule has 0 bridgehead atoms. The number of hydrogen-bond acceptors (Lipinski definition) is 6. The van der Waals surface area contributed by atoms with Crippen LogP contribution in [0.3, 0.4) is 0 Å². The van der Waals surface area contributed by atoms with Gasteiger partial charge in [0.05, 0.1) is 21.3 Å². The van der Waals surface area contributed by atoms with Crippen LogP contribution in [0.15, 0.2) is 42.0 Å². The molecule has 0 aliphatic carbocycles. The topological polar surface area (TPSA) is 119 Å². The SMILES string of the molecule is COc1c(I)cc(/C=C2\C(=O)NC(=O)N(c3ccc(C)cc3)C2=O)cc1[N+](=O)[O-]. The van der Waals surface area contributed by atoms with Crippen molar-refractivity contribution in [1.82, 2.24) is 5.32 Å². The van der Waals surface area contributed by atoms with Gasteiger partial charge in [0.25, 0.3) is 11.8 Å². The largest absolute Gasteiger partial charge is 0.489 e. The predicted octanol–water partition coefficient (Wildman–Crippen LogP) is 3.18. The average molecular weight is 507 g/mol. The van der Waals surface area contributed by atoms with E-state index in [9.17, 15) is 24.5 Å². The van der Waals surface area contributed by atoms with Crippen molar-refractivity contribution in [3.63, 3.8) is 0 Å². The Labute approximate surface area is 178 Å². The van der Waals surface area contributed by atoms with Crippen LogP contribution in [-0.4, -0.2) is 29.9 Å². The maximum Gasteiger partial charge on any atom is 0.335 e. The number of hydrogen-bond donors (Lipinski definition) is 1. The van der Waals surface area contributed by atoms with E-state index < -0.39 is 22.8 Å². The third-order valence-corrected chi connectivity index (χ3v) is 4.95. The fourth-order valence-corrected chi connectivity index (χ4v) is 3.63. The number of aryl methyl sites for hydroxylation is 1. The van der Waals surface area contributed by atoms with Gasteiger partial charge in [-0.15, -0.1) is 0 Å². The van der Waals surface area contributed by atoms with Gasteiger partial charge in [0, 0.05) is 6.07 Å². The number of rotatable bonds is 4. The maximum absolute atomic E-state index is 12.9. The Balaban J connectivity index is 2.07. The molecule has 2 aromatic rings. The molecule has 4 amide bonds. The van der Waals surface area contributed by atoms with Gasteiger partial charge in [-0.05, 0) is 59.4 Å². The molecule has 148 valence electrons. The van der Waals surface area contributed by atoms with Gasteiger partial charge in [0.1, 0.15) is 5.57 Å². The van der Waals surface area contributed by atoms with Crippen LogP contribution in [0.25, 0.3) is 6.08 Å². The number of methoxy groups -OCH3 is 1. The van der Waals surface area contributed by atoms with E-state index in [4.69, 9.17) is 4.74 Å². The summed E-state index contributed by atoms with van der Waals surface area (Å²) in [6.45, 7) is 1.86. The molecule has 10 heteroatoms. The molecule has 0 saturated carbocycles. The number of carbonyl (C=O) groups excluding carboxylic acids is 3. The predicted molar refractivity (Wildman–Crippen MR) is 113 cm³/mol. The first-order chi connectivity index (χ1) is 13.7. The molecule has 1 saturated heterocycles. The standard InChI is InChI=1S/C19H14IN3O6/c1-10-3-5-12(6-4-10)22-18(25)13(17(24)21-19(22)26)7-11-8-14(20)16(29-2)15(9-11)23(27)28/h3-9H,1-2H3,(H,21,24,26)/b13-7+. The number of nitrogens with zero attached hydrogens (tertiary/aromatic N) is 2. The van der Waals surface area contributed by atoms with Crippen LogP contribution in [0.1, 0.15) is 11.1 Å². The molecule has 9 nitrogen and oxygen atoms in total. The number of imide groups is 2. The van der Waals surface area contributed by atoms with Crippen molar-refractivity contribution >= 4 is 57.9 Å². The minimum Gasteiger partial charge on any atom is -0.489 e. The van der Waals surface area contributed by atoms with Crippen LogP contribution < -0.4 is 15.0 Å². The van der Waals surface area contributed by atoms with Gasteiger partial charge in [0.2, 0.25) is 5.75 Å². The Bertz CT molecular complexity index is 1080. The first-order valence-electron chi connectivity index (χ1n) is 8.23. The summed E-state index contributed by atoms with van der Waals surface area (Å²) in [6.07, 6.45) is 1.21. The van der Waals surface area contributed by atoms with E-state index in [0.717, 1.165) is 10.5 Å². The lowest BCUT2D eigenvalue weighted by atomic mass is 10.1. The molecule has 0 unspecified atom stereocenters. The first-order valence-corrected chi connectivity index (χ1v) is 9.31. The molecule has 2 aromatic carbocycles. The van der Waals surface area contributed by atoms with E-state index in [-0.39, 0.29) is 22.6 Å². The summed E-state index contributed by atoms with van der Waals surface area (Å²) in [5.41, 5.74) is 0.859. The van der Waals surface area contributed by atoms with Crippen LogP contribution in [0.4, 0.5) is 16.2 Å². The van der Waals surface area contributed by atoms with Gasteiger partial charge in [-0.3, -0.25) is 25.0 Å². The zero-order valence-corrected chi connectivity index (χ0v) is 17.4. The molecule has 1 aliphatic rings. The van der Waals surface area contributed by atoms with E-state index >= 15 is 0 Å². The number of anilines is 1. The van der Waals surface area contributed by atoms with E-state index in [2.05, 4.69) is 5.32 Å². The molecule has 0 spiro atoms. The van der Waals surface area contributed by atoms with Crippen LogP contribution >= 0.6 is 22.6 Å². The smallest absolute Gasteiger partial charge is 0.335 e. The van der Waals surface area contributed by atoms with Crippen LogP contribution in [-0.2, 0) is 9.59 Å². The normalized spacial score (nSPS) is 15.5. The van der Waals surface area contributed by atoms with E-state index in [1.807, 2.05) is 29.5 Å². The highest BCUT2D eigenvalue weighted by atomic mass is 127. The molecule has 0 radical (unpaired) electrons. The number of nitrogens with one attached hydrogen (secondary N) is 1. The minimum absolute atomic E-state index is 0.0774. The monoisotopic (exact) mass is 507 g/mol. The zero-order valence-electron chi connectivity index (χ0n) is 15.3. The molecule has 29 heavy (non-hydrogen) atoms. The number of halogens is 1. The molecule has 1 heterocycles. The Morgan fingerprint density at radius 1 is 1.17 bits per heavy atom. The number of benzene rings is 2. The summed E-state index contributed by atoms with van der Waals surface area (Å²) in [7, 11) is 1.31. The molecule has 0 atom stereocenters. The summed E-state index contributed by atoms with van der Waals surface area (Å²) >= 11 is 1.86. The van der Waals surface area contributed by atoms with Crippen molar-refractivity contribution in [2.75, 3.05) is 12.0 Å². The van der Waals surface area contributed by atoms with Crippen LogP contribution in [0.2, 0.25) is 0 Å². The molecular weight excluding hydrogens is 493 g/mol. The lowest BCUT2D eigenvalue weighted by Crippen LogP contribution is -2.54. The summed E-state index contributed by atoms with van der Waals surface area (Å²) in [5.74, 6) is -1.62. The fraction of sp³-hybridized carbons (Fsp3) is 0.105. The molecule has 1 fully saturated rings. The number of nitro groups is 1. The highest BCUT2D eigenvalue weighted by Gasteiger charge is 2.37. The molecule has 0 aromatic heterocycles. The first kappa shape index (κ1) is 20.5. The van der Waals surface area contributed by atoms with E-state index in [1.54, 1.807) is 24.3 Å². The molecular formula is C19H14IN3O6. The second-order valence-corrected chi connectivity index (χ2v) is 7.27. The van der Waals surface area contributed by atoms with Crippen molar-refractivity contribution in [3.8, 4) is 5.75 Å². The third-order valence-electron chi connectivity index (χ3n) is 4.15. The lowest BCUT2D eigenvalue weighted by Gasteiger charge is -2.26. The van der Waals surface area contributed by atoms with Crippen LogP contribution in [0.5, 0.6) is 5.75 Å². The summed E-state index contributed by atoms with van der Waals surface area (Å²) in [5, 5.41) is 13.4. The maximum atomic E-state index is 12.9. The number of carbonyl (C=O) groups is 3. The Kier molecular flexibility index (Phi) is 5.64. The van der Waals surface area contributed by atoms with Gasteiger partial charge in [-0.2, -0.15) is 0 Å². The van der Waals surface area contributed by atoms with Crippen molar-refractivity contribution in [2.45, 2.75) is 6.92 Å². The van der Waals surface area contributed by atoms with Crippen LogP contribution in [0, 0.1) is 20.6 Å². The van der Waals surface area contributed by atoms with Crippen molar-refractivity contribution in [1.29, 1.82) is 0 Å². The number of nitro benzene ring substituents is 1. The van der Waals surface area contributed by atoms with Gasteiger partial charge >= 0.3 is 11.7 Å². The van der Waals surface area contributed by atoms with E-state index in [0.29, 0.717) is 9.26 Å². The number of barbiturate groups is 1. The molecule has 3 rings (SSSR count). The average Bonchev–Trinajstić information content (AvgIpc) is 2.66. The fourth-order valence-electron chi connectivity index (χ4n) is 2.77. The van der Waals surface area contributed by atoms with Crippen molar-refractivity contribution in [2.24, 2.45) is 0 Å². The molecule has 1 aliphatic heterocycles. The summed E-state index contributed by atoms with van der Waals surface area (Å²) in [6, 6.07) is 8.49. The van der Waals surface area contributed by atoms with Gasteiger partial charge in [0.15, 0.2) is 0 Å². The Hall–Kier alpha value is -3.28. The minimum atomic E-state index is -0.878. The van der Waals surface area contributed by atoms with Crippen molar-refractivity contribution < 1.29 is 24.0 Å². The highest BCUT2D eigenvalue weighted by Crippen LogP contribution is 2.34. The number of urea groups is 1. The number of ether oxygens (including phenoxy) is 1. The Morgan fingerprint density at radius 3 is 2.41 bits per heavy atom. The Morgan fingerprint density at radius 2 is 1.83 bits per heavy atom. The van der Waals surface area contributed by atoms with Gasteiger partial charge < -0.3 is 4.74 Å². The highest BCUT2D eigenvalue weighted by molar-refractivity contribution is 14.1. The lowest BCUT2D eigenvalue weighted by molar-refractivity contribution is -0.385. The second-order valence-electron chi connectivity index (χ2n) is 6.11. The zero-order chi connectivity index (χ0) is 21.3.